The van der Waals surface area contributed by atoms with E-state index < -0.39 is 23.2 Å². The summed E-state index contributed by atoms with van der Waals surface area (Å²) in [6.07, 6.45) is 3.10. The summed E-state index contributed by atoms with van der Waals surface area (Å²) in [5, 5.41) is 31.6. The second-order valence-corrected chi connectivity index (χ2v) is 8.16. The van der Waals surface area contributed by atoms with Gasteiger partial charge in [0.1, 0.15) is 39.9 Å². The van der Waals surface area contributed by atoms with E-state index in [0.29, 0.717) is 24.2 Å². The van der Waals surface area contributed by atoms with Crippen molar-refractivity contribution in [3.05, 3.63) is 75.7 Å². The molecule has 3 aromatic rings. The van der Waals surface area contributed by atoms with Crippen LogP contribution in [0, 0.1) is 0 Å². The van der Waals surface area contributed by atoms with Gasteiger partial charge in [-0.15, -0.1) is 0 Å². The largest absolute Gasteiger partial charge is 0.507 e. The molecule has 0 saturated carbocycles. The highest BCUT2D eigenvalue weighted by molar-refractivity contribution is 5.87. The number of aromatic hydroxyl groups is 1. The highest BCUT2D eigenvalue weighted by Crippen LogP contribution is 2.43. The molecular weight excluding hydrogens is 396 g/mol. The van der Waals surface area contributed by atoms with E-state index in [1.165, 1.54) is 6.07 Å². The number of aliphatic hydroxyl groups excluding tert-OH is 2. The maximum Gasteiger partial charge on any atom is 0.196 e. The Kier molecular flexibility index (Phi) is 5.60. The first-order valence-corrected chi connectivity index (χ1v) is 10.4. The number of ether oxygens (including phenoxy) is 1. The average Bonchev–Trinajstić information content (AvgIpc) is 2.75. The lowest BCUT2D eigenvalue weighted by Gasteiger charge is -2.39. The molecule has 0 amide bonds. The summed E-state index contributed by atoms with van der Waals surface area (Å²) in [4.78, 5) is 12.6. The SMILES string of the molecule is CC[C@@H](O)c1cc(=O)c2c(O)c3c(cc2o1)O[C@@](C)(CC=Cc1ccccc1)[C@H](O)C3. The highest BCUT2D eigenvalue weighted by atomic mass is 16.5. The predicted octanol–water partition coefficient (Wildman–Crippen LogP) is 4.10. The van der Waals surface area contributed by atoms with Gasteiger partial charge in [0.15, 0.2) is 5.43 Å². The molecule has 0 fully saturated rings. The Morgan fingerprint density at radius 1 is 1.26 bits per heavy atom. The molecule has 162 valence electrons. The zero-order chi connectivity index (χ0) is 22.2. The molecule has 0 bridgehead atoms. The van der Waals surface area contributed by atoms with Crippen LogP contribution in [0.5, 0.6) is 11.5 Å². The van der Waals surface area contributed by atoms with E-state index in [2.05, 4.69) is 0 Å². The van der Waals surface area contributed by atoms with Gasteiger partial charge in [-0.1, -0.05) is 49.4 Å². The van der Waals surface area contributed by atoms with Crippen molar-refractivity contribution in [1.82, 2.24) is 0 Å². The zero-order valence-corrected chi connectivity index (χ0v) is 17.5. The van der Waals surface area contributed by atoms with Gasteiger partial charge in [-0.05, 0) is 18.9 Å². The van der Waals surface area contributed by atoms with Crippen molar-refractivity contribution >= 4 is 17.0 Å². The first-order valence-electron chi connectivity index (χ1n) is 10.4. The van der Waals surface area contributed by atoms with Crippen LogP contribution in [-0.4, -0.2) is 27.0 Å². The number of hydrogen-bond donors (Lipinski definition) is 3. The first-order chi connectivity index (χ1) is 14.8. The zero-order valence-electron chi connectivity index (χ0n) is 17.5. The average molecular weight is 422 g/mol. The molecule has 2 aromatic carbocycles. The van der Waals surface area contributed by atoms with E-state index in [4.69, 9.17) is 9.15 Å². The van der Waals surface area contributed by atoms with Crippen LogP contribution in [0.15, 0.2) is 57.8 Å². The van der Waals surface area contributed by atoms with Gasteiger partial charge in [0.25, 0.3) is 0 Å². The highest BCUT2D eigenvalue weighted by Gasteiger charge is 2.41. The van der Waals surface area contributed by atoms with Crippen LogP contribution in [0.3, 0.4) is 0 Å². The van der Waals surface area contributed by atoms with E-state index in [-0.39, 0.29) is 28.9 Å². The Labute approximate surface area is 180 Å². The Morgan fingerprint density at radius 3 is 2.71 bits per heavy atom. The number of hydrogen-bond acceptors (Lipinski definition) is 6. The number of phenols is 1. The minimum absolute atomic E-state index is 0.0224. The van der Waals surface area contributed by atoms with Crippen molar-refractivity contribution in [2.45, 2.75) is 50.9 Å². The monoisotopic (exact) mass is 422 g/mol. The second kappa shape index (κ2) is 8.21. The van der Waals surface area contributed by atoms with E-state index >= 15 is 0 Å². The molecule has 0 saturated heterocycles. The van der Waals surface area contributed by atoms with Gasteiger partial charge in [0.05, 0.1) is 6.10 Å². The summed E-state index contributed by atoms with van der Waals surface area (Å²) < 4.78 is 11.8. The third-order valence-corrected chi connectivity index (χ3v) is 5.87. The van der Waals surface area contributed by atoms with E-state index in [0.717, 1.165) is 5.56 Å². The molecule has 3 atom stereocenters. The maximum atomic E-state index is 12.6. The molecule has 6 nitrogen and oxygen atoms in total. The molecule has 31 heavy (non-hydrogen) atoms. The van der Waals surface area contributed by atoms with Gasteiger partial charge in [-0.3, -0.25) is 4.79 Å². The maximum absolute atomic E-state index is 12.6. The molecule has 6 heteroatoms. The summed E-state index contributed by atoms with van der Waals surface area (Å²) in [6.45, 7) is 3.59. The molecule has 0 unspecified atom stereocenters. The lowest BCUT2D eigenvalue weighted by Crippen LogP contribution is -2.48. The smallest absolute Gasteiger partial charge is 0.196 e. The van der Waals surface area contributed by atoms with Crippen molar-refractivity contribution in [2.75, 3.05) is 0 Å². The molecule has 0 radical (unpaired) electrons. The van der Waals surface area contributed by atoms with Gasteiger partial charge in [-0.2, -0.15) is 0 Å². The van der Waals surface area contributed by atoms with E-state index in [9.17, 15) is 20.1 Å². The van der Waals surface area contributed by atoms with Gasteiger partial charge in [0.2, 0.25) is 0 Å². The van der Waals surface area contributed by atoms with Gasteiger partial charge in [-0.25, -0.2) is 0 Å². The lowest BCUT2D eigenvalue weighted by molar-refractivity contribution is -0.0523. The molecule has 0 aliphatic carbocycles. The molecule has 1 aromatic heterocycles. The number of aliphatic hydroxyl groups is 2. The Morgan fingerprint density at radius 2 is 2.00 bits per heavy atom. The van der Waals surface area contributed by atoms with E-state index in [1.807, 2.05) is 49.4 Å². The van der Waals surface area contributed by atoms with Crippen LogP contribution in [0.2, 0.25) is 0 Å². The Balaban J connectivity index is 1.70. The molecule has 0 spiro atoms. The quantitative estimate of drug-likeness (QED) is 0.572. The van der Waals surface area contributed by atoms with Crippen molar-refractivity contribution < 1.29 is 24.5 Å². The Bertz CT molecular complexity index is 1180. The number of phenolic OH excluding ortho intramolecular Hbond substituents is 1. The van der Waals surface area contributed by atoms with Crippen molar-refractivity contribution in [1.29, 1.82) is 0 Å². The number of fused-ring (bicyclic) bond motifs is 2. The van der Waals surface area contributed by atoms with Crippen LogP contribution in [0.25, 0.3) is 17.0 Å². The molecule has 4 rings (SSSR count). The van der Waals surface area contributed by atoms with E-state index in [1.54, 1.807) is 13.0 Å². The Hall–Kier alpha value is -3.09. The van der Waals surface area contributed by atoms with Gasteiger partial charge < -0.3 is 24.5 Å². The van der Waals surface area contributed by atoms with Crippen LogP contribution < -0.4 is 10.2 Å². The fourth-order valence-corrected chi connectivity index (χ4v) is 3.89. The van der Waals surface area contributed by atoms with Crippen molar-refractivity contribution in [3.63, 3.8) is 0 Å². The van der Waals surface area contributed by atoms with Crippen LogP contribution in [-0.2, 0) is 6.42 Å². The normalized spacial score (nSPS) is 21.7. The predicted molar refractivity (Wildman–Crippen MR) is 118 cm³/mol. The molecule has 2 heterocycles. The third kappa shape index (κ3) is 3.96. The van der Waals surface area contributed by atoms with Crippen LogP contribution in [0.1, 0.15) is 49.7 Å². The van der Waals surface area contributed by atoms with Gasteiger partial charge in [0, 0.05) is 30.5 Å². The third-order valence-electron chi connectivity index (χ3n) is 5.87. The minimum atomic E-state index is -0.917. The van der Waals surface area contributed by atoms with Crippen LogP contribution >= 0.6 is 0 Å². The summed E-state index contributed by atoms with van der Waals surface area (Å²) in [6, 6.07) is 12.6. The summed E-state index contributed by atoms with van der Waals surface area (Å²) in [5.41, 5.74) is 0.200. The first kappa shape index (κ1) is 21.2. The number of rotatable bonds is 5. The molecule has 3 N–H and O–H groups in total. The molecule has 1 aliphatic heterocycles. The molecule has 1 aliphatic rings. The fraction of sp³-hybridized carbons (Fsp3) is 0.320. The number of benzene rings is 2. The van der Waals surface area contributed by atoms with Crippen molar-refractivity contribution in [2.24, 2.45) is 0 Å². The fourth-order valence-electron chi connectivity index (χ4n) is 3.89. The lowest BCUT2D eigenvalue weighted by atomic mass is 9.86. The van der Waals surface area contributed by atoms with Gasteiger partial charge >= 0.3 is 0 Å². The summed E-state index contributed by atoms with van der Waals surface area (Å²) in [5.74, 6) is 0.251. The topological polar surface area (TPSA) is 100 Å². The standard InChI is InChI=1S/C25H26O6/c1-3-17(26)20-13-18(27)23-21(30-20)14-19-16(24(23)29)12-22(28)25(2,31-19)11-7-10-15-8-5-4-6-9-15/h4-10,13-14,17,22,26,28-29H,3,11-12H2,1-2H3/t17-,22-,25+/m1/s1. The van der Waals surface area contributed by atoms with Crippen molar-refractivity contribution in [3.8, 4) is 11.5 Å². The van der Waals surface area contributed by atoms with Crippen LogP contribution in [0.4, 0.5) is 0 Å². The summed E-state index contributed by atoms with van der Waals surface area (Å²) >= 11 is 0. The minimum Gasteiger partial charge on any atom is -0.507 e. The molecular formula is C25H26O6. The second-order valence-electron chi connectivity index (χ2n) is 8.16. The summed E-state index contributed by atoms with van der Waals surface area (Å²) in [7, 11) is 0.